The third-order valence-electron chi connectivity index (χ3n) is 3.36. The van der Waals surface area contributed by atoms with E-state index in [1.807, 2.05) is 0 Å². The van der Waals surface area contributed by atoms with Gasteiger partial charge in [-0.05, 0) is 49.4 Å². The lowest BCUT2D eigenvalue weighted by atomic mass is 10.2. The molecule has 5 nitrogen and oxygen atoms in total. The van der Waals surface area contributed by atoms with E-state index in [-0.39, 0.29) is 22.2 Å². The monoisotopic (exact) mass is 348 g/mol. The zero-order chi connectivity index (χ0) is 17.3. The summed E-state index contributed by atoms with van der Waals surface area (Å²) in [6, 6.07) is 9.26. The second-order valence-corrected chi connectivity index (χ2v) is 5.40. The number of hydrogen-bond acceptors (Lipinski definition) is 3. The van der Waals surface area contributed by atoms with Crippen molar-refractivity contribution in [2.24, 2.45) is 0 Å². The number of amides is 1. The van der Waals surface area contributed by atoms with E-state index >= 15 is 0 Å². The number of carbonyl (C=O) groups excluding carboxylic acids is 1. The van der Waals surface area contributed by atoms with E-state index in [9.17, 15) is 13.6 Å². The number of nitrogens with one attached hydrogen (secondary N) is 1. The van der Waals surface area contributed by atoms with Crippen LogP contribution in [-0.2, 0) is 0 Å². The van der Waals surface area contributed by atoms with Crippen molar-refractivity contribution < 1.29 is 13.6 Å². The average Bonchev–Trinajstić information content (AvgIpc) is 2.92. The number of rotatable bonds is 3. The Kier molecular flexibility index (Phi) is 4.26. The first kappa shape index (κ1) is 16.1. The molecule has 0 bridgehead atoms. The van der Waals surface area contributed by atoms with Gasteiger partial charge in [0.05, 0.1) is 22.1 Å². The first-order chi connectivity index (χ1) is 11.5. The minimum absolute atomic E-state index is 0.0759. The van der Waals surface area contributed by atoms with Crippen LogP contribution >= 0.6 is 11.6 Å². The highest BCUT2D eigenvalue weighted by atomic mass is 35.5. The van der Waals surface area contributed by atoms with Crippen LogP contribution in [0.15, 0.2) is 42.5 Å². The maximum atomic E-state index is 13.0. The van der Waals surface area contributed by atoms with Crippen molar-refractivity contribution in [3.05, 3.63) is 70.5 Å². The summed E-state index contributed by atoms with van der Waals surface area (Å²) in [6.45, 7) is 1.66. The molecule has 24 heavy (non-hydrogen) atoms. The molecule has 0 aliphatic rings. The molecule has 0 atom stereocenters. The van der Waals surface area contributed by atoms with E-state index in [0.717, 1.165) is 6.07 Å². The van der Waals surface area contributed by atoms with Crippen molar-refractivity contribution in [1.82, 2.24) is 15.0 Å². The molecule has 3 rings (SSSR count). The number of anilines is 1. The summed E-state index contributed by atoms with van der Waals surface area (Å²) in [5, 5.41) is 10.4. The van der Waals surface area contributed by atoms with Crippen LogP contribution in [0.1, 0.15) is 16.2 Å². The predicted octanol–water partition coefficient (Wildman–Crippen LogP) is 3.76. The van der Waals surface area contributed by atoms with Crippen molar-refractivity contribution >= 4 is 23.2 Å². The molecule has 0 radical (unpaired) electrons. The van der Waals surface area contributed by atoms with Crippen LogP contribution in [0.3, 0.4) is 0 Å². The van der Waals surface area contributed by atoms with E-state index in [4.69, 9.17) is 11.6 Å². The Bertz CT molecular complexity index is 909. The third kappa shape index (κ3) is 3.11. The van der Waals surface area contributed by atoms with Crippen LogP contribution in [0.2, 0.25) is 5.02 Å². The fourth-order valence-corrected chi connectivity index (χ4v) is 2.35. The van der Waals surface area contributed by atoms with Gasteiger partial charge < -0.3 is 5.32 Å². The molecule has 1 amide bonds. The Morgan fingerprint density at radius 2 is 1.79 bits per heavy atom. The minimum Gasteiger partial charge on any atom is -0.319 e. The maximum absolute atomic E-state index is 13.0. The summed E-state index contributed by atoms with van der Waals surface area (Å²) in [6.07, 6.45) is 0. The second-order valence-electron chi connectivity index (χ2n) is 4.99. The smallest absolute Gasteiger partial charge is 0.278 e. The molecule has 2 aromatic carbocycles. The molecule has 0 unspecified atom stereocenters. The van der Waals surface area contributed by atoms with Gasteiger partial charge >= 0.3 is 0 Å². The van der Waals surface area contributed by atoms with Crippen LogP contribution < -0.4 is 5.32 Å². The molecule has 0 spiro atoms. The van der Waals surface area contributed by atoms with Crippen molar-refractivity contribution in [3.8, 4) is 5.69 Å². The van der Waals surface area contributed by atoms with Crippen molar-refractivity contribution in [3.63, 3.8) is 0 Å². The van der Waals surface area contributed by atoms with Gasteiger partial charge in [0.25, 0.3) is 5.91 Å². The number of halogens is 3. The van der Waals surface area contributed by atoms with Crippen LogP contribution in [0.5, 0.6) is 0 Å². The molecule has 0 aliphatic carbocycles. The van der Waals surface area contributed by atoms with Crippen LogP contribution in [0.25, 0.3) is 5.69 Å². The number of nitrogens with zero attached hydrogens (tertiary/aromatic N) is 3. The summed E-state index contributed by atoms with van der Waals surface area (Å²) in [5.74, 6) is -1.41. The fraction of sp³-hybridized carbons (Fsp3) is 0.0625. The fourth-order valence-electron chi connectivity index (χ4n) is 2.14. The zero-order valence-electron chi connectivity index (χ0n) is 12.4. The Hall–Kier alpha value is -2.80. The molecule has 8 heteroatoms. The number of carbonyl (C=O) groups is 1. The van der Waals surface area contributed by atoms with Crippen LogP contribution in [0, 0.1) is 18.6 Å². The Morgan fingerprint density at radius 3 is 2.46 bits per heavy atom. The van der Waals surface area contributed by atoms with Gasteiger partial charge in [-0.2, -0.15) is 0 Å². The van der Waals surface area contributed by atoms with Gasteiger partial charge in [-0.1, -0.05) is 16.8 Å². The van der Waals surface area contributed by atoms with E-state index in [0.29, 0.717) is 11.4 Å². The van der Waals surface area contributed by atoms with E-state index in [1.165, 1.54) is 41.1 Å². The molecule has 3 aromatic rings. The number of hydrogen-bond donors (Lipinski definition) is 1. The van der Waals surface area contributed by atoms with Crippen LogP contribution in [0.4, 0.5) is 14.5 Å². The lowest BCUT2D eigenvalue weighted by Gasteiger charge is -2.06. The minimum atomic E-state index is -0.533. The highest BCUT2D eigenvalue weighted by Gasteiger charge is 2.18. The van der Waals surface area contributed by atoms with Gasteiger partial charge in [0.1, 0.15) is 11.6 Å². The average molecular weight is 349 g/mol. The third-order valence-corrected chi connectivity index (χ3v) is 3.67. The Morgan fingerprint density at radius 1 is 1.12 bits per heavy atom. The highest BCUT2D eigenvalue weighted by Crippen LogP contribution is 2.23. The van der Waals surface area contributed by atoms with Gasteiger partial charge in [-0.25, -0.2) is 13.5 Å². The topological polar surface area (TPSA) is 59.8 Å². The molecule has 122 valence electrons. The van der Waals surface area contributed by atoms with E-state index in [1.54, 1.807) is 6.92 Å². The first-order valence-electron chi connectivity index (χ1n) is 6.90. The normalized spacial score (nSPS) is 10.7. The standard InChI is InChI=1S/C16H11ClF2N4O/c1-9-15(16(24)20-14-7-4-11(19)8-13(14)17)21-22-23(9)12-5-2-10(18)3-6-12/h2-8H,1H3,(H,20,24). The van der Waals surface area contributed by atoms with E-state index < -0.39 is 11.7 Å². The maximum Gasteiger partial charge on any atom is 0.278 e. The van der Waals surface area contributed by atoms with Crippen LogP contribution in [-0.4, -0.2) is 20.9 Å². The van der Waals surface area contributed by atoms with E-state index in [2.05, 4.69) is 15.6 Å². The molecule has 0 fully saturated rings. The van der Waals surface area contributed by atoms with Crippen molar-refractivity contribution in [2.75, 3.05) is 5.32 Å². The quantitative estimate of drug-likeness (QED) is 0.784. The number of aromatic nitrogens is 3. The second kappa shape index (κ2) is 6.37. The summed E-state index contributed by atoms with van der Waals surface area (Å²) >= 11 is 5.89. The Labute approximate surface area is 140 Å². The first-order valence-corrected chi connectivity index (χ1v) is 7.28. The highest BCUT2D eigenvalue weighted by molar-refractivity contribution is 6.33. The summed E-state index contributed by atoms with van der Waals surface area (Å²) in [5.41, 5.74) is 1.39. The molecular weight excluding hydrogens is 338 g/mol. The van der Waals surface area contributed by atoms with Gasteiger partial charge in [-0.3, -0.25) is 4.79 Å². The Balaban J connectivity index is 1.87. The van der Waals surface area contributed by atoms with Crippen molar-refractivity contribution in [1.29, 1.82) is 0 Å². The van der Waals surface area contributed by atoms with Crippen molar-refractivity contribution in [2.45, 2.75) is 6.92 Å². The molecule has 1 N–H and O–H groups in total. The van der Waals surface area contributed by atoms with Gasteiger partial charge in [-0.15, -0.1) is 5.10 Å². The SMILES string of the molecule is Cc1c(C(=O)Nc2ccc(F)cc2Cl)nnn1-c1ccc(F)cc1. The number of benzene rings is 2. The predicted molar refractivity (Wildman–Crippen MR) is 85.4 cm³/mol. The van der Waals surface area contributed by atoms with Gasteiger partial charge in [0.15, 0.2) is 5.69 Å². The molecule has 0 saturated heterocycles. The van der Waals surface area contributed by atoms with Gasteiger partial charge in [0, 0.05) is 0 Å². The molecule has 0 saturated carbocycles. The molecular formula is C16H11ClF2N4O. The zero-order valence-corrected chi connectivity index (χ0v) is 13.2. The lowest BCUT2D eigenvalue weighted by Crippen LogP contribution is -2.14. The lowest BCUT2D eigenvalue weighted by molar-refractivity contribution is 0.102. The molecule has 1 aromatic heterocycles. The van der Waals surface area contributed by atoms with Gasteiger partial charge in [0.2, 0.25) is 0 Å². The largest absolute Gasteiger partial charge is 0.319 e. The summed E-state index contributed by atoms with van der Waals surface area (Å²) in [4.78, 5) is 12.3. The molecule has 0 aliphatic heterocycles. The summed E-state index contributed by atoms with van der Waals surface area (Å²) < 4.78 is 27.5. The molecule has 1 heterocycles. The summed E-state index contributed by atoms with van der Waals surface area (Å²) in [7, 11) is 0.